The van der Waals surface area contributed by atoms with E-state index < -0.39 is 0 Å². The number of amides is 1. The molecule has 12 heavy (non-hydrogen) atoms. The van der Waals surface area contributed by atoms with Crippen molar-refractivity contribution >= 4 is 5.91 Å². The lowest BCUT2D eigenvalue weighted by Crippen LogP contribution is -2.43. The van der Waals surface area contributed by atoms with Crippen molar-refractivity contribution in [1.82, 2.24) is 5.32 Å². The van der Waals surface area contributed by atoms with Crippen molar-refractivity contribution in [2.75, 3.05) is 13.2 Å². The number of nitrogens with two attached hydrogens (primary N) is 1. The summed E-state index contributed by atoms with van der Waals surface area (Å²) in [4.78, 5) is 10.8. The molecule has 4 nitrogen and oxygen atoms in total. The van der Waals surface area contributed by atoms with Gasteiger partial charge >= 0.3 is 0 Å². The minimum absolute atomic E-state index is 0.0113. The zero-order chi connectivity index (χ0) is 8.97. The fourth-order valence-electron chi connectivity index (χ4n) is 1.46. The summed E-state index contributed by atoms with van der Waals surface area (Å²) in [6.45, 7) is 3.43. The number of nitrogens with one attached hydrogen (secondary N) is 1. The zero-order valence-corrected chi connectivity index (χ0v) is 7.38. The van der Waals surface area contributed by atoms with Crippen LogP contribution in [0.5, 0.6) is 0 Å². The van der Waals surface area contributed by atoms with Gasteiger partial charge in [0, 0.05) is 12.5 Å². The summed E-state index contributed by atoms with van der Waals surface area (Å²) in [5.74, 6) is -0.219. The van der Waals surface area contributed by atoms with E-state index in [2.05, 4.69) is 5.32 Å². The first-order chi connectivity index (χ1) is 5.74. The van der Waals surface area contributed by atoms with Crippen LogP contribution in [0, 0.1) is 5.92 Å². The van der Waals surface area contributed by atoms with Crippen LogP contribution in [0.4, 0.5) is 0 Å². The average molecular weight is 172 g/mol. The summed E-state index contributed by atoms with van der Waals surface area (Å²) in [6, 6.07) is 0. The van der Waals surface area contributed by atoms with Crippen LogP contribution >= 0.6 is 0 Å². The second kappa shape index (κ2) is 4.42. The number of ether oxygens (including phenoxy) is 1. The highest BCUT2D eigenvalue weighted by Gasteiger charge is 2.25. The van der Waals surface area contributed by atoms with E-state index in [1.807, 2.05) is 6.92 Å². The van der Waals surface area contributed by atoms with Crippen LogP contribution in [0.25, 0.3) is 0 Å². The largest absolute Gasteiger partial charge is 0.369 e. The lowest BCUT2D eigenvalue weighted by Gasteiger charge is -2.28. The number of piperidine rings is 1. The average Bonchev–Trinajstić information content (AvgIpc) is 2.05. The third kappa shape index (κ3) is 2.46. The van der Waals surface area contributed by atoms with E-state index in [1.165, 1.54) is 0 Å². The third-order valence-electron chi connectivity index (χ3n) is 2.13. The highest BCUT2D eigenvalue weighted by molar-refractivity contribution is 5.76. The Labute approximate surface area is 72.5 Å². The summed E-state index contributed by atoms with van der Waals surface area (Å²) in [7, 11) is 0. The van der Waals surface area contributed by atoms with Crippen molar-refractivity contribution < 1.29 is 9.53 Å². The Morgan fingerprint density at radius 3 is 3.08 bits per heavy atom. The molecule has 2 unspecified atom stereocenters. The normalized spacial score (nSPS) is 30.1. The molecule has 1 aliphatic rings. The van der Waals surface area contributed by atoms with Crippen molar-refractivity contribution in [2.45, 2.75) is 26.0 Å². The first-order valence-electron chi connectivity index (χ1n) is 4.38. The fourth-order valence-corrected chi connectivity index (χ4v) is 1.46. The van der Waals surface area contributed by atoms with E-state index in [0.29, 0.717) is 13.0 Å². The van der Waals surface area contributed by atoms with Gasteiger partial charge in [0.2, 0.25) is 5.91 Å². The maximum Gasteiger partial charge on any atom is 0.220 e. The number of carbonyl (C=O) groups excluding carboxylic acids is 1. The SMILES string of the molecule is CCOC1CC(C(N)=O)CCN1. The second-order valence-corrected chi connectivity index (χ2v) is 3.02. The Morgan fingerprint density at radius 1 is 1.75 bits per heavy atom. The molecule has 1 fully saturated rings. The number of hydrogen-bond donors (Lipinski definition) is 2. The van der Waals surface area contributed by atoms with Gasteiger partial charge in [0.25, 0.3) is 0 Å². The van der Waals surface area contributed by atoms with Gasteiger partial charge in [-0.2, -0.15) is 0 Å². The zero-order valence-electron chi connectivity index (χ0n) is 7.38. The van der Waals surface area contributed by atoms with Gasteiger partial charge in [0.15, 0.2) is 0 Å². The van der Waals surface area contributed by atoms with Crippen molar-refractivity contribution in [2.24, 2.45) is 11.7 Å². The van der Waals surface area contributed by atoms with Crippen molar-refractivity contribution in [1.29, 1.82) is 0 Å². The molecule has 0 aromatic carbocycles. The van der Waals surface area contributed by atoms with Gasteiger partial charge in [-0.1, -0.05) is 0 Å². The topological polar surface area (TPSA) is 64.3 Å². The van der Waals surface area contributed by atoms with E-state index in [1.54, 1.807) is 0 Å². The molecule has 0 aliphatic carbocycles. The van der Waals surface area contributed by atoms with Gasteiger partial charge < -0.3 is 10.5 Å². The lowest BCUT2D eigenvalue weighted by atomic mass is 9.96. The monoisotopic (exact) mass is 172 g/mol. The quantitative estimate of drug-likeness (QED) is 0.621. The molecule has 70 valence electrons. The molecule has 1 aliphatic heterocycles. The standard InChI is InChI=1S/C8H16N2O2/c1-2-12-7-5-6(8(9)11)3-4-10-7/h6-7,10H,2-5H2,1H3,(H2,9,11). The Balaban J connectivity index is 2.35. The minimum Gasteiger partial charge on any atom is -0.369 e. The summed E-state index contributed by atoms with van der Waals surface area (Å²) >= 11 is 0. The molecule has 4 heteroatoms. The number of hydrogen-bond acceptors (Lipinski definition) is 3. The molecule has 2 atom stereocenters. The maximum atomic E-state index is 10.8. The van der Waals surface area contributed by atoms with Gasteiger partial charge in [0.05, 0.1) is 0 Å². The number of rotatable bonds is 3. The van der Waals surface area contributed by atoms with Gasteiger partial charge in [0.1, 0.15) is 6.23 Å². The van der Waals surface area contributed by atoms with Gasteiger partial charge in [-0.05, 0) is 26.3 Å². The van der Waals surface area contributed by atoms with Gasteiger partial charge in [-0.15, -0.1) is 0 Å². The molecule has 1 amide bonds. The molecule has 1 heterocycles. The Hall–Kier alpha value is -0.610. The van der Waals surface area contributed by atoms with Gasteiger partial charge in [-0.3, -0.25) is 10.1 Å². The second-order valence-electron chi connectivity index (χ2n) is 3.02. The Bertz CT molecular complexity index is 159. The van der Waals surface area contributed by atoms with Crippen LogP contribution in [0.2, 0.25) is 0 Å². The Morgan fingerprint density at radius 2 is 2.50 bits per heavy atom. The van der Waals surface area contributed by atoms with E-state index >= 15 is 0 Å². The van der Waals surface area contributed by atoms with Crippen molar-refractivity contribution in [3.63, 3.8) is 0 Å². The van der Waals surface area contributed by atoms with Crippen LogP contribution in [0.3, 0.4) is 0 Å². The highest BCUT2D eigenvalue weighted by atomic mass is 16.5. The smallest absolute Gasteiger partial charge is 0.220 e. The van der Waals surface area contributed by atoms with Crippen molar-refractivity contribution in [3.05, 3.63) is 0 Å². The predicted molar refractivity (Wildman–Crippen MR) is 45.3 cm³/mol. The molecule has 1 saturated heterocycles. The summed E-state index contributed by atoms with van der Waals surface area (Å²) in [6.07, 6.45) is 1.56. The molecule has 0 spiro atoms. The molecule has 3 N–H and O–H groups in total. The number of primary amides is 1. The Kier molecular flexibility index (Phi) is 3.49. The molecular weight excluding hydrogens is 156 g/mol. The lowest BCUT2D eigenvalue weighted by molar-refractivity contribution is -0.124. The maximum absolute atomic E-state index is 10.8. The summed E-state index contributed by atoms with van der Waals surface area (Å²) in [5, 5.41) is 3.17. The van der Waals surface area contributed by atoms with Gasteiger partial charge in [-0.25, -0.2) is 0 Å². The molecule has 0 bridgehead atoms. The van der Waals surface area contributed by atoms with E-state index in [0.717, 1.165) is 13.0 Å². The van der Waals surface area contributed by atoms with E-state index in [4.69, 9.17) is 10.5 Å². The first kappa shape index (κ1) is 9.48. The molecule has 0 aromatic heterocycles. The molecular formula is C8H16N2O2. The molecule has 1 rings (SSSR count). The van der Waals surface area contributed by atoms with Crippen LogP contribution in [-0.2, 0) is 9.53 Å². The molecule has 0 aromatic rings. The van der Waals surface area contributed by atoms with Crippen LogP contribution < -0.4 is 11.1 Å². The fraction of sp³-hybridized carbons (Fsp3) is 0.875. The first-order valence-corrected chi connectivity index (χ1v) is 4.38. The van der Waals surface area contributed by atoms with Crippen LogP contribution in [-0.4, -0.2) is 25.3 Å². The highest BCUT2D eigenvalue weighted by Crippen LogP contribution is 2.15. The predicted octanol–water partition coefficient (Wildman–Crippen LogP) is -0.166. The molecule has 0 radical (unpaired) electrons. The van der Waals surface area contributed by atoms with E-state index in [-0.39, 0.29) is 18.1 Å². The summed E-state index contributed by atoms with van der Waals surface area (Å²) in [5.41, 5.74) is 5.20. The van der Waals surface area contributed by atoms with Crippen LogP contribution in [0.1, 0.15) is 19.8 Å². The third-order valence-corrected chi connectivity index (χ3v) is 2.13. The summed E-state index contributed by atoms with van der Waals surface area (Å²) < 4.78 is 5.34. The number of carbonyl (C=O) groups is 1. The van der Waals surface area contributed by atoms with E-state index in [9.17, 15) is 4.79 Å². The van der Waals surface area contributed by atoms with Crippen molar-refractivity contribution in [3.8, 4) is 0 Å². The van der Waals surface area contributed by atoms with Crippen LogP contribution in [0.15, 0.2) is 0 Å². The minimum atomic E-state index is -0.207. The molecule has 0 saturated carbocycles.